The lowest BCUT2D eigenvalue weighted by Gasteiger charge is -2.24. The molecule has 1 aromatic rings. The van der Waals surface area contributed by atoms with Gasteiger partial charge < -0.3 is 16.4 Å². The zero-order valence-corrected chi connectivity index (χ0v) is 8.40. The first-order chi connectivity index (χ1) is 6.52. The molecule has 0 radical (unpaired) electrons. The van der Waals surface area contributed by atoms with Gasteiger partial charge >= 0.3 is 0 Å². The Bertz CT molecular complexity index is 321. The molecule has 1 atom stereocenters. The largest absolute Gasteiger partial charge is 0.399 e. The Hall–Kier alpha value is -1.71. The molecule has 0 aromatic heterocycles. The van der Waals surface area contributed by atoms with Crippen molar-refractivity contribution in [3.05, 3.63) is 24.3 Å². The van der Waals surface area contributed by atoms with Crippen LogP contribution in [0, 0.1) is 0 Å². The number of amides is 1. The highest BCUT2D eigenvalue weighted by molar-refractivity contribution is 5.83. The number of primary amides is 1. The summed E-state index contributed by atoms with van der Waals surface area (Å²) in [6.07, 6.45) is 0. The van der Waals surface area contributed by atoms with E-state index in [-0.39, 0.29) is 11.9 Å². The normalized spacial score (nSPS) is 12.1. The Morgan fingerprint density at radius 1 is 1.36 bits per heavy atom. The van der Waals surface area contributed by atoms with Gasteiger partial charge in [0, 0.05) is 18.4 Å². The quantitative estimate of drug-likeness (QED) is 0.690. The number of rotatable bonds is 3. The molecule has 0 aliphatic heterocycles. The fourth-order valence-corrected chi connectivity index (χ4v) is 1.12. The standard InChI is InChI=1S/C10H15N3O/c1-7(10(12)14)13(2)9-5-3-8(11)4-6-9/h3-7H,11H2,1-2H3,(H2,12,14). The van der Waals surface area contributed by atoms with Crippen LogP contribution in [-0.2, 0) is 4.79 Å². The van der Waals surface area contributed by atoms with Gasteiger partial charge in [0.1, 0.15) is 6.04 Å². The van der Waals surface area contributed by atoms with Crippen molar-refractivity contribution in [2.75, 3.05) is 17.7 Å². The highest BCUT2D eigenvalue weighted by Crippen LogP contribution is 2.16. The summed E-state index contributed by atoms with van der Waals surface area (Å²) in [6.45, 7) is 1.76. The molecule has 4 nitrogen and oxygen atoms in total. The number of nitrogens with two attached hydrogens (primary N) is 2. The number of carbonyl (C=O) groups excluding carboxylic acids is 1. The van der Waals surface area contributed by atoms with Crippen LogP contribution >= 0.6 is 0 Å². The minimum absolute atomic E-state index is 0.321. The first kappa shape index (κ1) is 10.4. The summed E-state index contributed by atoms with van der Waals surface area (Å²) in [4.78, 5) is 12.7. The molecule has 1 amide bonds. The molecule has 14 heavy (non-hydrogen) atoms. The third-order valence-electron chi connectivity index (χ3n) is 2.29. The molecule has 0 bridgehead atoms. The molecular formula is C10H15N3O. The van der Waals surface area contributed by atoms with Gasteiger partial charge in [0.2, 0.25) is 5.91 Å². The van der Waals surface area contributed by atoms with Crippen LogP contribution in [0.3, 0.4) is 0 Å². The molecule has 0 aliphatic carbocycles. The lowest BCUT2D eigenvalue weighted by Crippen LogP contribution is -2.40. The lowest BCUT2D eigenvalue weighted by atomic mass is 10.2. The van der Waals surface area contributed by atoms with Crippen LogP contribution < -0.4 is 16.4 Å². The maximum Gasteiger partial charge on any atom is 0.239 e. The number of anilines is 2. The second-order valence-corrected chi connectivity index (χ2v) is 3.28. The molecule has 1 aromatic carbocycles. The van der Waals surface area contributed by atoms with Crippen molar-refractivity contribution >= 4 is 17.3 Å². The minimum atomic E-state index is -0.343. The molecule has 0 heterocycles. The average Bonchev–Trinajstić information content (AvgIpc) is 2.16. The van der Waals surface area contributed by atoms with Gasteiger partial charge in [0.25, 0.3) is 0 Å². The Morgan fingerprint density at radius 2 is 1.86 bits per heavy atom. The van der Waals surface area contributed by atoms with E-state index in [9.17, 15) is 4.79 Å². The predicted molar refractivity (Wildman–Crippen MR) is 57.9 cm³/mol. The molecule has 0 fully saturated rings. The number of benzene rings is 1. The Labute approximate surface area is 83.5 Å². The van der Waals surface area contributed by atoms with E-state index < -0.39 is 0 Å². The van der Waals surface area contributed by atoms with Crippen molar-refractivity contribution in [3.8, 4) is 0 Å². The molecule has 0 saturated carbocycles. The van der Waals surface area contributed by atoms with Gasteiger partial charge in [0.15, 0.2) is 0 Å². The number of carbonyl (C=O) groups is 1. The predicted octanol–water partition coefficient (Wildman–Crippen LogP) is 0.579. The maximum atomic E-state index is 10.9. The van der Waals surface area contributed by atoms with Gasteiger partial charge in [-0.15, -0.1) is 0 Å². The summed E-state index contributed by atoms with van der Waals surface area (Å²) in [6, 6.07) is 6.97. The third kappa shape index (κ3) is 2.16. The monoisotopic (exact) mass is 193 g/mol. The first-order valence-corrected chi connectivity index (χ1v) is 4.40. The minimum Gasteiger partial charge on any atom is -0.399 e. The number of hydrogen-bond acceptors (Lipinski definition) is 3. The summed E-state index contributed by atoms with van der Waals surface area (Å²) >= 11 is 0. The van der Waals surface area contributed by atoms with Crippen LogP contribution in [0.4, 0.5) is 11.4 Å². The van der Waals surface area contributed by atoms with Crippen LogP contribution in [0.2, 0.25) is 0 Å². The van der Waals surface area contributed by atoms with E-state index in [2.05, 4.69) is 0 Å². The van der Waals surface area contributed by atoms with E-state index in [1.54, 1.807) is 19.1 Å². The summed E-state index contributed by atoms with van der Waals surface area (Å²) in [5.74, 6) is -0.343. The topological polar surface area (TPSA) is 72.4 Å². The zero-order valence-electron chi connectivity index (χ0n) is 8.40. The van der Waals surface area contributed by atoms with Crippen LogP contribution in [0.15, 0.2) is 24.3 Å². The Morgan fingerprint density at radius 3 is 2.29 bits per heavy atom. The Kier molecular flexibility index (Phi) is 2.96. The SMILES string of the molecule is CC(C(N)=O)N(C)c1ccc(N)cc1. The van der Waals surface area contributed by atoms with Crippen molar-refractivity contribution in [2.45, 2.75) is 13.0 Å². The number of hydrogen-bond donors (Lipinski definition) is 2. The fourth-order valence-electron chi connectivity index (χ4n) is 1.12. The van der Waals surface area contributed by atoms with Gasteiger partial charge in [-0.2, -0.15) is 0 Å². The van der Waals surface area contributed by atoms with Crippen molar-refractivity contribution in [2.24, 2.45) is 5.73 Å². The Balaban J connectivity index is 2.84. The molecular weight excluding hydrogens is 178 g/mol. The van der Waals surface area contributed by atoms with Crippen LogP contribution in [0.25, 0.3) is 0 Å². The van der Waals surface area contributed by atoms with Gasteiger partial charge in [-0.3, -0.25) is 4.79 Å². The van der Waals surface area contributed by atoms with Gasteiger partial charge in [-0.25, -0.2) is 0 Å². The van der Waals surface area contributed by atoms with Gasteiger partial charge in [-0.05, 0) is 31.2 Å². The zero-order chi connectivity index (χ0) is 10.7. The molecule has 76 valence electrons. The molecule has 0 spiro atoms. The first-order valence-electron chi connectivity index (χ1n) is 4.40. The van der Waals surface area contributed by atoms with E-state index in [1.807, 2.05) is 24.1 Å². The van der Waals surface area contributed by atoms with Crippen molar-refractivity contribution in [1.82, 2.24) is 0 Å². The van der Waals surface area contributed by atoms with Gasteiger partial charge in [-0.1, -0.05) is 0 Å². The van der Waals surface area contributed by atoms with E-state index in [0.29, 0.717) is 5.69 Å². The molecule has 4 N–H and O–H groups in total. The average molecular weight is 193 g/mol. The summed E-state index contributed by atoms with van der Waals surface area (Å²) < 4.78 is 0. The van der Waals surface area contributed by atoms with Gasteiger partial charge in [0.05, 0.1) is 0 Å². The molecule has 1 unspecified atom stereocenters. The number of nitrogen functional groups attached to an aromatic ring is 1. The van der Waals surface area contributed by atoms with E-state index in [4.69, 9.17) is 11.5 Å². The highest BCUT2D eigenvalue weighted by Gasteiger charge is 2.14. The van der Waals surface area contributed by atoms with Crippen LogP contribution in [0.5, 0.6) is 0 Å². The molecule has 1 rings (SSSR count). The second-order valence-electron chi connectivity index (χ2n) is 3.28. The maximum absolute atomic E-state index is 10.9. The number of likely N-dealkylation sites (N-methyl/N-ethyl adjacent to an activating group) is 1. The molecule has 4 heteroatoms. The third-order valence-corrected chi connectivity index (χ3v) is 2.29. The summed E-state index contributed by atoms with van der Waals surface area (Å²) in [5.41, 5.74) is 12.4. The van der Waals surface area contributed by atoms with Crippen LogP contribution in [-0.4, -0.2) is 19.0 Å². The number of nitrogens with zero attached hydrogens (tertiary/aromatic N) is 1. The molecule has 0 aliphatic rings. The second kappa shape index (κ2) is 4.00. The van der Waals surface area contributed by atoms with Crippen molar-refractivity contribution in [3.63, 3.8) is 0 Å². The summed E-state index contributed by atoms with van der Waals surface area (Å²) in [7, 11) is 1.82. The van der Waals surface area contributed by atoms with Crippen molar-refractivity contribution < 1.29 is 4.79 Å². The smallest absolute Gasteiger partial charge is 0.239 e. The van der Waals surface area contributed by atoms with E-state index >= 15 is 0 Å². The van der Waals surface area contributed by atoms with Crippen molar-refractivity contribution in [1.29, 1.82) is 0 Å². The van der Waals surface area contributed by atoms with E-state index in [1.165, 1.54) is 0 Å². The van der Waals surface area contributed by atoms with E-state index in [0.717, 1.165) is 5.69 Å². The highest BCUT2D eigenvalue weighted by atomic mass is 16.1. The fraction of sp³-hybridized carbons (Fsp3) is 0.300. The summed E-state index contributed by atoms with van der Waals surface area (Å²) in [5, 5.41) is 0. The molecule has 0 saturated heterocycles. The lowest BCUT2D eigenvalue weighted by molar-refractivity contribution is -0.118. The van der Waals surface area contributed by atoms with Crippen LogP contribution in [0.1, 0.15) is 6.92 Å².